The van der Waals surface area contributed by atoms with Crippen LogP contribution in [0.4, 0.5) is 0 Å². The highest BCUT2D eigenvalue weighted by atomic mass is 35.5. The molecule has 0 aliphatic carbocycles. The van der Waals surface area contributed by atoms with E-state index in [1.807, 2.05) is 54.6 Å². The van der Waals surface area contributed by atoms with Crippen LogP contribution in [0, 0.1) is 0 Å². The normalized spacial score (nSPS) is 15.5. The van der Waals surface area contributed by atoms with E-state index in [9.17, 15) is 4.79 Å². The number of nitrogens with zero attached hydrogens (tertiary/aromatic N) is 3. The third kappa shape index (κ3) is 4.06. The van der Waals surface area contributed by atoms with Crippen LogP contribution in [0.25, 0.3) is 10.9 Å². The number of carbonyl (C=O) groups is 1. The van der Waals surface area contributed by atoms with Crippen LogP contribution in [0.15, 0.2) is 84.0 Å². The van der Waals surface area contributed by atoms with Gasteiger partial charge in [-0.25, -0.2) is 9.99 Å². The molecule has 0 saturated carbocycles. The zero-order chi connectivity index (χ0) is 22.9. The predicted octanol–water partition coefficient (Wildman–Crippen LogP) is 6.54. The quantitative estimate of drug-likeness (QED) is 0.314. The van der Waals surface area contributed by atoms with E-state index in [4.69, 9.17) is 33.0 Å². The fourth-order valence-corrected chi connectivity index (χ4v) is 4.49. The number of amides is 1. The SMILES string of the molecule is COc1ccc2cc(C3CC(c4ccccc4)=NN3C(=O)c3ccccc3Cl)c(Cl)nc2c1. The maximum absolute atomic E-state index is 13.5. The Hall–Kier alpha value is -3.41. The number of benzene rings is 3. The van der Waals surface area contributed by atoms with E-state index >= 15 is 0 Å². The van der Waals surface area contributed by atoms with Gasteiger partial charge in [0.25, 0.3) is 5.91 Å². The lowest BCUT2D eigenvalue weighted by atomic mass is 9.98. The van der Waals surface area contributed by atoms with Gasteiger partial charge < -0.3 is 4.74 Å². The minimum atomic E-state index is -0.421. The molecule has 0 saturated heterocycles. The molecule has 1 unspecified atom stereocenters. The van der Waals surface area contributed by atoms with Gasteiger partial charge in [-0.1, -0.05) is 65.7 Å². The van der Waals surface area contributed by atoms with Crippen molar-refractivity contribution in [1.29, 1.82) is 0 Å². The van der Waals surface area contributed by atoms with E-state index in [-0.39, 0.29) is 5.91 Å². The van der Waals surface area contributed by atoms with Crippen LogP contribution in [-0.2, 0) is 0 Å². The number of methoxy groups -OCH3 is 1. The molecule has 0 spiro atoms. The second-order valence-electron chi connectivity index (χ2n) is 7.69. The number of halogens is 2. The molecule has 0 N–H and O–H groups in total. The molecule has 1 aromatic heterocycles. The maximum atomic E-state index is 13.5. The van der Waals surface area contributed by atoms with Crippen molar-refractivity contribution in [2.24, 2.45) is 5.10 Å². The van der Waals surface area contributed by atoms with Crippen LogP contribution in [-0.4, -0.2) is 28.7 Å². The van der Waals surface area contributed by atoms with Gasteiger partial charge in [-0.15, -0.1) is 0 Å². The minimum Gasteiger partial charge on any atom is -0.497 e. The molecule has 0 radical (unpaired) electrons. The van der Waals surface area contributed by atoms with E-state index in [0.29, 0.717) is 33.4 Å². The smallest absolute Gasteiger partial charge is 0.276 e. The summed E-state index contributed by atoms with van der Waals surface area (Å²) in [5.41, 5.74) is 3.58. The van der Waals surface area contributed by atoms with Crippen molar-refractivity contribution in [3.05, 3.63) is 106 Å². The number of fused-ring (bicyclic) bond motifs is 1. The van der Waals surface area contributed by atoms with Gasteiger partial charge in [-0.05, 0) is 35.9 Å². The molecule has 1 aliphatic heterocycles. The van der Waals surface area contributed by atoms with Gasteiger partial charge in [0.05, 0.1) is 35.0 Å². The second kappa shape index (κ2) is 8.85. The summed E-state index contributed by atoms with van der Waals surface area (Å²) in [7, 11) is 1.61. The molecule has 0 fully saturated rings. The molecule has 4 aromatic rings. The zero-order valence-corrected chi connectivity index (χ0v) is 19.2. The Balaban J connectivity index is 1.61. The standard InChI is InChI=1S/C26H19Cl2N3O2/c1-33-18-12-11-17-13-20(25(28)29-22(17)14-18)24-15-23(16-7-3-2-4-8-16)30-31(24)26(32)19-9-5-6-10-21(19)27/h2-14,24H,15H2,1H3. The number of hydrazone groups is 1. The molecular formula is C26H19Cl2N3O2. The largest absolute Gasteiger partial charge is 0.497 e. The van der Waals surface area contributed by atoms with Gasteiger partial charge in [0, 0.05) is 23.4 Å². The molecule has 1 atom stereocenters. The van der Waals surface area contributed by atoms with E-state index < -0.39 is 6.04 Å². The van der Waals surface area contributed by atoms with Gasteiger partial charge in [-0.2, -0.15) is 5.10 Å². The topological polar surface area (TPSA) is 54.8 Å². The Bertz CT molecular complexity index is 1390. The number of ether oxygens (including phenoxy) is 1. The summed E-state index contributed by atoms with van der Waals surface area (Å²) in [5, 5.41) is 7.78. The van der Waals surface area contributed by atoms with E-state index in [0.717, 1.165) is 22.2 Å². The number of rotatable bonds is 4. The van der Waals surface area contributed by atoms with Gasteiger partial charge in [0.1, 0.15) is 10.9 Å². The van der Waals surface area contributed by atoms with Crippen LogP contribution in [0.3, 0.4) is 0 Å². The second-order valence-corrected chi connectivity index (χ2v) is 8.45. The van der Waals surface area contributed by atoms with Crippen molar-refractivity contribution in [2.45, 2.75) is 12.5 Å². The highest BCUT2D eigenvalue weighted by molar-refractivity contribution is 6.34. The lowest BCUT2D eigenvalue weighted by Crippen LogP contribution is -2.27. The number of aromatic nitrogens is 1. The summed E-state index contributed by atoms with van der Waals surface area (Å²) in [4.78, 5) is 18.1. The first-order chi connectivity index (χ1) is 16.0. The number of pyridine rings is 1. The monoisotopic (exact) mass is 475 g/mol. The van der Waals surface area contributed by atoms with Crippen molar-refractivity contribution < 1.29 is 9.53 Å². The first-order valence-corrected chi connectivity index (χ1v) is 11.2. The zero-order valence-electron chi connectivity index (χ0n) is 17.7. The average molecular weight is 476 g/mol. The predicted molar refractivity (Wildman–Crippen MR) is 131 cm³/mol. The van der Waals surface area contributed by atoms with E-state index in [1.165, 1.54) is 5.01 Å². The Morgan fingerprint density at radius 3 is 2.52 bits per heavy atom. The van der Waals surface area contributed by atoms with E-state index in [1.54, 1.807) is 31.4 Å². The summed E-state index contributed by atoms with van der Waals surface area (Å²) >= 11 is 13.0. The highest BCUT2D eigenvalue weighted by Gasteiger charge is 2.36. The summed E-state index contributed by atoms with van der Waals surface area (Å²) < 4.78 is 5.30. The van der Waals surface area contributed by atoms with Crippen LogP contribution >= 0.6 is 23.2 Å². The van der Waals surface area contributed by atoms with E-state index in [2.05, 4.69) is 4.98 Å². The fourth-order valence-electron chi connectivity index (χ4n) is 4.00. The Labute approximate surface area is 201 Å². The highest BCUT2D eigenvalue weighted by Crippen LogP contribution is 2.39. The maximum Gasteiger partial charge on any atom is 0.276 e. The number of hydrogen-bond acceptors (Lipinski definition) is 4. The fraction of sp³-hybridized carbons (Fsp3) is 0.115. The Morgan fingerprint density at radius 2 is 1.76 bits per heavy atom. The third-order valence-corrected chi connectivity index (χ3v) is 6.33. The van der Waals surface area contributed by atoms with Crippen LogP contribution < -0.4 is 4.74 Å². The molecule has 2 heterocycles. The molecular weight excluding hydrogens is 457 g/mol. The molecule has 5 nitrogen and oxygen atoms in total. The number of carbonyl (C=O) groups excluding carboxylic acids is 1. The summed E-state index contributed by atoms with van der Waals surface area (Å²) in [6.07, 6.45) is 0.503. The summed E-state index contributed by atoms with van der Waals surface area (Å²) in [5.74, 6) is 0.410. The third-order valence-electron chi connectivity index (χ3n) is 5.69. The molecule has 1 aliphatic rings. The molecule has 164 valence electrons. The van der Waals surface area contributed by atoms with Gasteiger partial charge in [0.15, 0.2) is 0 Å². The molecule has 5 rings (SSSR count). The number of hydrogen-bond donors (Lipinski definition) is 0. The van der Waals surface area contributed by atoms with Crippen molar-refractivity contribution in [3.8, 4) is 5.75 Å². The van der Waals surface area contributed by atoms with Crippen LogP contribution in [0.1, 0.15) is 33.9 Å². The van der Waals surface area contributed by atoms with Crippen LogP contribution in [0.2, 0.25) is 10.2 Å². The van der Waals surface area contributed by atoms with Crippen molar-refractivity contribution in [3.63, 3.8) is 0 Å². The summed E-state index contributed by atoms with van der Waals surface area (Å²) in [6.45, 7) is 0. The summed E-state index contributed by atoms with van der Waals surface area (Å²) in [6, 6.07) is 23.9. The molecule has 1 amide bonds. The van der Waals surface area contributed by atoms with Gasteiger partial charge in [-0.3, -0.25) is 4.79 Å². The minimum absolute atomic E-state index is 0.289. The molecule has 3 aromatic carbocycles. The van der Waals surface area contributed by atoms with Crippen LogP contribution in [0.5, 0.6) is 5.75 Å². The molecule has 7 heteroatoms. The Kier molecular flexibility index (Phi) is 5.75. The first-order valence-electron chi connectivity index (χ1n) is 10.4. The lowest BCUT2D eigenvalue weighted by Gasteiger charge is -2.23. The molecule has 33 heavy (non-hydrogen) atoms. The van der Waals surface area contributed by atoms with Gasteiger partial charge >= 0.3 is 0 Å². The lowest BCUT2D eigenvalue weighted by molar-refractivity contribution is 0.0711. The van der Waals surface area contributed by atoms with Crippen molar-refractivity contribution in [2.75, 3.05) is 7.11 Å². The van der Waals surface area contributed by atoms with Crippen molar-refractivity contribution >= 4 is 45.7 Å². The first kappa shape index (κ1) is 21.4. The average Bonchev–Trinajstić information content (AvgIpc) is 3.29. The van der Waals surface area contributed by atoms with Crippen molar-refractivity contribution in [1.82, 2.24) is 9.99 Å². The Morgan fingerprint density at radius 1 is 1.00 bits per heavy atom. The molecule has 0 bridgehead atoms. The van der Waals surface area contributed by atoms with Gasteiger partial charge in [0.2, 0.25) is 0 Å².